The normalized spacial score (nSPS) is 16.4. The van der Waals surface area contributed by atoms with E-state index in [0.29, 0.717) is 28.5 Å². The number of nitrogens with zero attached hydrogens (tertiary/aromatic N) is 2. The van der Waals surface area contributed by atoms with E-state index in [4.69, 9.17) is 14.1 Å². The molecule has 0 saturated heterocycles. The van der Waals surface area contributed by atoms with Crippen LogP contribution in [0.15, 0.2) is 40.9 Å². The van der Waals surface area contributed by atoms with Gasteiger partial charge in [-0.15, -0.1) is 0 Å². The van der Waals surface area contributed by atoms with Crippen LogP contribution in [0.3, 0.4) is 0 Å². The summed E-state index contributed by atoms with van der Waals surface area (Å²) in [7, 11) is 1.70. The number of aryl methyl sites for hydroxylation is 1. The van der Waals surface area contributed by atoms with Crippen molar-refractivity contribution in [2.45, 2.75) is 38.2 Å². The molecule has 0 radical (unpaired) electrons. The molecule has 1 aliphatic carbocycles. The predicted molar refractivity (Wildman–Crippen MR) is 107 cm³/mol. The molecule has 1 N–H and O–H groups in total. The molecule has 140 valence electrons. The standard InChI is InChI=1S/C23H21N3O2/c1-13-10-17(15-5-6-15)20(16-8-9-25-21(13)16)23(2,27-3)22-26-18-11-14(12-24)4-7-19(18)28-22/h4,7-11,15,25H,5-6H2,1-3H3. The van der Waals surface area contributed by atoms with Gasteiger partial charge in [0.25, 0.3) is 0 Å². The van der Waals surface area contributed by atoms with Crippen molar-refractivity contribution in [3.05, 3.63) is 64.7 Å². The quantitative estimate of drug-likeness (QED) is 0.530. The molecule has 5 rings (SSSR count). The first-order valence-electron chi connectivity index (χ1n) is 9.52. The molecule has 5 nitrogen and oxygen atoms in total. The highest BCUT2D eigenvalue weighted by Crippen LogP contribution is 2.49. The van der Waals surface area contributed by atoms with Gasteiger partial charge >= 0.3 is 0 Å². The fourth-order valence-electron chi connectivity index (χ4n) is 4.18. The number of oxazole rings is 1. The van der Waals surface area contributed by atoms with Gasteiger partial charge in [0, 0.05) is 29.8 Å². The van der Waals surface area contributed by atoms with Crippen molar-refractivity contribution in [2.24, 2.45) is 0 Å². The summed E-state index contributed by atoms with van der Waals surface area (Å²) < 4.78 is 12.2. The number of benzene rings is 2. The molecule has 0 aliphatic heterocycles. The molecule has 1 fully saturated rings. The lowest BCUT2D eigenvalue weighted by Gasteiger charge is -2.29. The molecule has 2 heterocycles. The Morgan fingerprint density at radius 1 is 1.29 bits per heavy atom. The van der Waals surface area contributed by atoms with Gasteiger partial charge in [0.1, 0.15) is 5.52 Å². The van der Waals surface area contributed by atoms with E-state index in [0.717, 1.165) is 16.5 Å². The van der Waals surface area contributed by atoms with Crippen LogP contribution in [0, 0.1) is 18.3 Å². The fourth-order valence-corrected chi connectivity index (χ4v) is 4.18. The second kappa shape index (κ2) is 5.95. The molecule has 4 aromatic rings. The highest BCUT2D eigenvalue weighted by Gasteiger charge is 2.41. The van der Waals surface area contributed by atoms with Crippen LogP contribution in [0.25, 0.3) is 22.0 Å². The van der Waals surface area contributed by atoms with E-state index >= 15 is 0 Å². The summed E-state index contributed by atoms with van der Waals surface area (Å²) in [6.07, 6.45) is 4.36. The molecule has 2 aromatic carbocycles. The molecule has 0 spiro atoms. The summed E-state index contributed by atoms with van der Waals surface area (Å²) in [5.41, 5.74) is 5.84. The zero-order chi connectivity index (χ0) is 19.5. The second-order valence-electron chi connectivity index (χ2n) is 7.75. The van der Waals surface area contributed by atoms with E-state index in [-0.39, 0.29) is 0 Å². The number of hydrogen-bond acceptors (Lipinski definition) is 4. The molecular formula is C23H21N3O2. The number of aromatic nitrogens is 2. The average Bonchev–Trinajstić information content (AvgIpc) is 3.27. The Morgan fingerprint density at radius 3 is 2.82 bits per heavy atom. The number of rotatable bonds is 4. The number of ether oxygens (including phenoxy) is 1. The molecular weight excluding hydrogens is 350 g/mol. The van der Waals surface area contributed by atoms with E-state index in [1.165, 1.54) is 24.0 Å². The van der Waals surface area contributed by atoms with Crippen LogP contribution >= 0.6 is 0 Å². The van der Waals surface area contributed by atoms with Crippen molar-refractivity contribution >= 4 is 22.0 Å². The summed E-state index contributed by atoms with van der Waals surface area (Å²) in [6.45, 7) is 4.16. The van der Waals surface area contributed by atoms with Crippen LogP contribution < -0.4 is 0 Å². The van der Waals surface area contributed by atoms with Gasteiger partial charge in [0.2, 0.25) is 5.89 Å². The number of fused-ring (bicyclic) bond motifs is 2. The summed E-state index contributed by atoms with van der Waals surface area (Å²) in [5.74, 6) is 1.06. The van der Waals surface area contributed by atoms with Crippen LogP contribution in [0.5, 0.6) is 0 Å². The molecule has 1 aliphatic rings. The van der Waals surface area contributed by atoms with Crippen molar-refractivity contribution in [2.75, 3.05) is 7.11 Å². The zero-order valence-electron chi connectivity index (χ0n) is 16.2. The van der Waals surface area contributed by atoms with Crippen molar-refractivity contribution in [3.63, 3.8) is 0 Å². The van der Waals surface area contributed by atoms with Crippen molar-refractivity contribution in [3.8, 4) is 6.07 Å². The topological polar surface area (TPSA) is 74.8 Å². The Kier molecular flexibility index (Phi) is 3.62. The van der Waals surface area contributed by atoms with Crippen LogP contribution in [0.4, 0.5) is 0 Å². The summed E-state index contributed by atoms with van der Waals surface area (Å²) >= 11 is 0. The molecule has 28 heavy (non-hydrogen) atoms. The minimum Gasteiger partial charge on any atom is -0.437 e. The Hall–Kier alpha value is -3.10. The Bertz CT molecular complexity index is 1260. The Labute approximate surface area is 162 Å². The van der Waals surface area contributed by atoms with Crippen LogP contribution in [-0.4, -0.2) is 17.1 Å². The van der Waals surface area contributed by atoms with Crippen molar-refractivity contribution in [1.29, 1.82) is 5.26 Å². The number of nitrogens with one attached hydrogen (secondary N) is 1. The Balaban J connectivity index is 1.79. The predicted octanol–water partition coefficient (Wildman–Crippen LogP) is 5.28. The van der Waals surface area contributed by atoms with E-state index in [9.17, 15) is 5.26 Å². The molecule has 1 saturated carbocycles. The average molecular weight is 371 g/mol. The summed E-state index contributed by atoms with van der Waals surface area (Å²) in [6, 6.07) is 11.8. The van der Waals surface area contributed by atoms with Crippen LogP contribution in [0.2, 0.25) is 0 Å². The number of methoxy groups -OCH3 is 1. The third kappa shape index (κ3) is 2.38. The van der Waals surface area contributed by atoms with Gasteiger partial charge < -0.3 is 14.1 Å². The first-order valence-corrected chi connectivity index (χ1v) is 9.52. The van der Waals surface area contributed by atoms with E-state index in [1.807, 2.05) is 13.1 Å². The van der Waals surface area contributed by atoms with Gasteiger partial charge in [0.15, 0.2) is 11.2 Å². The maximum atomic E-state index is 9.18. The SMILES string of the molecule is COC(C)(c1nc2cc(C#N)ccc2o1)c1c(C2CC2)cc(C)c2[nH]ccc12. The zero-order valence-corrected chi connectivity index (χ0v) is 16.2. The van der Waals surface area contributed by atoms with E-state index in [1.54, 1.807) is 25.3 Å². The molecule has 1 atom stereocenters. The number of aromatic amines is 1. The van der Waals surface area contributed by atoms with Crippen molar-refractivity contribution < 1.29 is 9.15 Å². The second-order valence-corrected chi connectivity index (χ2v) is 7.75. The van der Waals surface area contributed by atoms with E-state index in [2.05, 4.69) is 30.1 Å². The Morgan fingerprint density at radius 2 is 2.11 bits per heavy atom. The third-order valence-corrected chi connectivity index (χ3v) is 5.90. The minimum atomic E-state index is -0.835. The van der Waals surface area contributed by atoms with Gasteiger partial charge in [-0.25, -0.2) is 4.98 Å². The lowest BCUT2D eigenvalue weighted by Crippen LogP contribution is -2.28. The van der Waals surface area contributed by atoms with Gasteiger partial charge in [-0.1, -0.05) is 6.07 Å². The maximum absolute atomic E-state index is 9.18. The molecule has 0 bridgehead atoms. The van der Waals surface area contributed by atoms with Crippen LogP contribution in [-0.2, 0) is 10.3 Å². The smallest absolute Gasteiger partial charge is 0.232 e. The van der Waals surface area contributed by atoms with Crippen molar-refractivity contribution in [1.82, 2.24) is 9.97 Å². The minimum absolute atomic E-state index is 0.508. The third-order valence-electron chi connectivity index (χ3n) is 5.90. The van der Waals surface area contributed by atoms with Crippen LogP contribution in [0.1, 0.15) is 53.8 Å². The monoisotopic (exact) mass is 371 g/mol. The maximum Gasteiger partial charge on any atom is 0.232 e. The molecule has 1 unspecified atom stereocenters. The molecule has 0 amide bonds. The van der Waals surface area contributed by atoms with Gasteiger partial charge in [-0.05, 0) is 68.0 Å². The number of H-pyrrole nitrogens is 1. The van der Waals surface area contributed by atoms with E-state index < -0.39 is 5.60 Å². The largest absolute Gasteiger partial charge is 0.437 e. The van der Waals surface area contributed by atoms with Gasteiger partial charge in [-0.2, -0.15) is 5.26 Å². The first-order chi connectivity index (χ1) is 13.5. The highest BCUT2D eigenvalue weighted by molar-refractivity contribution is 5.89. The first kappa shape index (κ1) is 17.0. The summed E-state index contributed by atoms with van der Waals surface area (Å²) in [4.78, 5) is 8.08. The number of nitriles is 1. The lowest BCUT2D eigenvalue weighted by atomic mass is 9.85. The molecule has 2 aromatic heterocycles. The van der Waals surface area contributed by atoms with Gasteiger partial charge in [-0.3, -0.25) is 0 Å². The highest BCUT2D eigenvalue weighted by atomic mass is 16.5. The van der Waals surface area contributed by atoms with Gasteiger partial charge in [0.05, 0.1) is 11.6 Å². The fraction of sp³-hybridized carbons (Fsp3) is 0.304. The number of hydrogen-bond donors (Lipinski definition) is 1. The summed E-state index contributed by atoms with van der Waals surface area (Å²) in [5, 5.41) is 10.3. The molecule has 5 heteroatoms. The lowest BCUT2D eigenvalue weighted by molar-refractivity contribution is 0.0176.